The van der Waals surface area contributed by atoms with Crippen LogP contribution in [0.15, 0.2) is 0 Å². The second-order valence-electron chi connectivity index (χ2n) is 8.37. The van der Waals surface area contributed by atoms with Gasteiger partial charge in [-0.05, 0) is 37.4 Å². The third-order valence-corrected chi connectivity index (χ3v) is 10.5. The van der Waals surface area contributed by atoms with Crippen LogP contribution in [0, 0.1) is 0 Å². The van der Waals surface area contributed by atoms with Gasteiger partial charge in [0.15, 0.2) is 8.32 Å². The molecule has 0 saturated carbocycles. The van der Waals surface area contributed by atoms with Crippen LogP contribution in [-0.4, -0.2) is 46.4 Å². The topological polar surface area (TPSA) is 56.8 Å². The summed E-state index contributed by atoms with van der Waals surface area (Å²) in [5, 5.41) is 2.76. The second kappa shape index (κ2) is 9.78. The Labute approximate surface area is 149 Å². The summed E-state index contributed by atoms with van der Waals surface area (Å²) in [6, 6.07) is 0. The first-order valence-corrected chi connectivity index (χ1v) is 11.1. The lowest BCUT2D eigenvalue weighted by atomic mass is 10.2. The van der Waals surface area contributed by atoms with Crippen LogP contribution in [0.3, 0.4) is 0 Å². The lowest BCUT2D eigenvalue weighted by Crippen LogP contribution is -2.50. The molecule has 0 heterocycles. The maximum atomic E-state index is 11.8. The van der Waals surface area contributed by atoms with E-state index in [0.717, 1.165) is 0 Å². The Morgan fingerprint density at radius 1 is 1.00 bits per heavy atom. The number of carbonyl (C=O) groups is 1. The van der Waals surface area contributed by atoms with Crippen molar-refractivity contribution >= 4 is 14.4 Å². The quantitative estimate of drug-likeness (QED) is 0.604. The molecule has 0 bridgehead atoms. The summed E-state index contributed by atoms with van der Waals surface area (Å²) >= 11 is 0. The van der Waals surface area contributed by atoms with Gasteiger partial charge in [0.2, 0.25) is 0 Å². The Morgan fingerprint density at radius 2 is 1.46 bits per heavy atom. The molecule has 1 amide bonds. The van der Waals surface area contributed by atoms with E-state index in [1.165, 1.54) is 0 Å². The SMILES string of the molecule is CO[C@@H](CNC(=O)OC(C)(C)C)CO[Si](C(C)C)(C(C)C)C(C)C. The first kappa shape index (κ1) is 23.4. The molecule has 0 aliphatic rings. The van der Waals surface area contributed by atoms with E-state index in [1.54, 1.807) is 7.11 Å². The smallest absolute Gasteiger partial charge is 0.407 e. The second-order valence-corrected chi connectivity index (χ2v) is 13.8. The molecule has 144 valence electrons. The highest BCUT2D eigenvalue weighted by atomic mass is 28.4. The number of carbonyl (C=O) groups excluding carboxylic acids is 1. The number of amides is 1. The summed E-state index contributed by atoms with van der Waals surface area (Å²) in [6.07, 6.45) is -0.606. The normalized spacial score (nSPS) is 14.4. The van der Waals surface area contributed by atoms with Crippen LogP contribution >= 0.6 is 0 Å². The molecule has 1 N–H and O–H groups in total. The van der Waals surface area contributed by atoms with Crippen molar-refractivity contribution in [1.29, 1.82) is 0 Å². The van der Waals surface area contributed by atoms with Gasteiger partial charge in [-0.1, -0.05) is 41.5 Å². The number of hydrogen-bond acceptors (Lipinski definition) is 4. The zero-order chi connectivity index (χ0) is 19.1. The predicted octanol–water partition coefficient (Wildman–Crippen LogP) is 4.72. The van der Waals surface area contributed by atoms with Gasteiger partial charge in [0.1, 0.15) is 5.60 Å². The van der Waals surface area contributed by atoms with Crippen molar-refractivity contribution in [2.24, 2.45) is 0 Å². The zero-order valence-electron chi connectivity index (χ0n) is 17.4. The fourth-order valence-electron chi connectivity index (χ4n) is 3.46. The fourth-order valence-corrected chi connectivity index (χ4v) is 8.93. The molecule has 0 fully saturated rings. The van der Waals surface area contributed by atoms with E-state index >= 15 is 0 Å². The van der Waals surface area contributed by atoms with Gasteiger partial charge in [-0.25, -0.2) is 4.79 Å². The Morgan fingerprint density at radius 3 is 1.79 bits per heavy atom. The molecule has 6 heteroatoms. The Bertz CT molecular complexity index is 356. The van der Waals surface area contributed by atoms with Crippen molar-refractivity contribution in [3.8, 4) is 0 Å². The van der Waals surface area contributed by atoms with E-state index in [4.69, 9.17) is 13.9 Å². The summed E-state index contributed by atoms with van der Waals surface area (Å²) in [5.41, 5.74) is 1.06. The molecular weight excluding hydrogens is 322 g/mol. The number of methoxy groups -OCH3 is 1. The molecule has 0 spiro atoms. The van der Waals surface area contributed by atoms with Crippen molar-refractivity contribution in [2.45, 2.75) is 90.6 Å². The van der Waals surface area contributed by atoms with Gasteiger partial charge in [-0.3, -0.25) is 0 Å². The lowest BCUT2D eigenvalue weighted by molar-refractivity contribution is 0.0341. The fraction of sp³-hybridized carbons (Fsp3) is 0.944. The van der Waals surface area contributed by atoms with Gasteiger partial charge in [-0.2, -0.15) is 0 Å². The zero-order valence-corrected chi connectivity index (χ0v) is 18.4. The number of nitrogens with one attached hydrogen (secondary N) is 1. The van der Waals surface area contributed by atoms with Gasteiger partial charge in [-0.15, -0.1) is 0 Å². The molecule has 5 nitrogen and oxygen atoms in total. The largest absolute Gasteiger partial charge is 0.444 e. The van der Waals surface area contributed by atoms with Gasteiger partial charge in [0.05, 0.1) is 12.7 Å². The van der Waals surface area contributed by atoms with Crippen LogP contribution in [0.25, 0.3) is 0 Å². The molecule has 0 unspecified atom stereocenters. The first-order valence-electron chi connectivity index (χ1n) is 9.00. The molecule has 0 aromatic rings. The first-order chi connectivity index (χ1) is 10.9. The van der Waals surface area contributed by atoms with Crippen molar-refractivity contribution in [3.05, 3.63) is 0 Å². The lowest BCUT2D eigenvalue weighted by Gasteiger charge is -2.42. The summed E-state index contributed by atoms with van der Waals surface area (Å²) < 4.78 is 17.3. The monoisotopic (exact) mass is 361 g/mol. The van der Waals surface area contributed by atoms with E-state index in [9.17, 15) is 4.79 Å². The predicted molar refractivity (Wildman–Crippen MR) is 102 cm³/mol. The molecule has 24 heavy (non-hydrogen) atoms. The van der Waals surface area contributed by atoms with E-state index in [2.05, 4.69) is 46.9 Å². The minimum atomic E-state index is -1.93. The minimum Gasteiger partial charge on any atom is -0.444 e. The van der Waals surface area contributed by atoms with Crippen molar-refractivity contribution < 1.29 is 18.7 Å². The summed E-state index contributed by atoms with van der Waals surface area (Å²) in [4.78, 5) is 11.8. The van der Waals surface area contributed by atoms with Gasteiger partial charge in [0, 0.05) is 13.7 Å². The average molecular weight is 362 g/mol. The number of hydrogen-bond donors (Lipinski definition) is 1. The molecule has 0 rings (SSSR count). The highest BCUT2D eigenvalue weighted by Crippen LogP contribution is 2.42. The average Bonchev–Trinajstić information content (AvgIpc) is 2.39. The van der Waals surface area contributed by atoms with Gasteiger partial charge >= 0.3 is 6.09 Å². The van der Waals surface area contributed by atoms with Gasteiger partial charge in [0.25, 0.3) is 0 Å². The molecule has 0 radical (unpaired) electrons. The van der Waals surface area contributed by atoms with Crippen LogP contribution in [0.4, 0.5) is 4.79 Å². The van der Waals surface area contributed by atoms with Crippen molar-refractivity contribution in [2.75, 3.05) is 20.3 Å². The van der Waals surface area contributed by atoms with Crippen molar-refractivity contribution in [1.82, 2.24) is 5.32 Å². The molecule has 0 aliphatic carbocycles. The third kappa shape index (κ3) is 7.11. The maximum absolute atomic E-state index is 11.8. The third-order valence-electron chi connectivity index (χ3n) is 4.43. The minimum absolute atomic E-state index is 0.180. The standard InChI is InChI=1S/C18H39NO4Si/c1-13(2)24(14(3)4,15(5)6)22-12-16(21-10)11-19-17(20)23-18(7,8)9/h13-16H,11-12H2,1-10H3,(H,19,20)/t16-/m0/s1. The Kier molecular flexibility index (Phi) is 9.54. The van der Waals surface area contributed by atoms with E-state index in [1.807, 2.05) is 20.8 Å². The molecule has 0 aliphatic heterocycles. The highest BCUT2D eigenvalue weighted by Gasteiger charge is 2.45. The number of rotatable bonds is 9. The number of alkyl carbamates (subject to hydrolysis) is 1. The summed E-state index contributed by atoms with van der Waals surface area (Å²) in [5.74, 6) is 0. The molecular formula is C18H39NO4Si. The van der Waals surface area contributed by atoms with Crippen LogP contribution in [-0.2, 0) is 13.9 Å². The van der Waals surface area contributed by atoms with E-state index in [0.29, 0.717) is 29.8 Å². The van der Waals surface area contributed by atoms with Crippen molar-refractivity contribution in [3.63, 3.8) is 0 Å². The molecule has 0 saturated heterocycles. The molecule has 1 atom stereocenters. The molecule has 0 aromatic carbocycles. The Hall–Kier alpha value is -0.593. The summed E-state index contributed by atoms with van der Waals surface area (Å²) in [6.45, 7) is 19.9. The number of ether oxygens (including phenoxy) is 2. The van der Waals surface area contributed by atoms with E-state index in [-0.39, 0.29) is 6.10 Å². The van der Waals surface area contributed by atoms with E-state index < -0.39 is 20.0 Å². The molecule has 0 aromatic heterocycles. The van der Waals surface area contributed by atoms with Crippen LogP contribution < -0.4 is 5.32 Å². The van der Waals surface area contributed by atoms with Crippen LogP contribution in [0.1, 0.15) is 62.3 Å². The summed E-state index contributed by atoms with van der Waals surface area (Å²) in [7, 11) is -0.278. The van der Waals surface area contributed by atoms with Crippen LogP contribution in [0.2, 0.25) is 16.6 Å². The Balaban J connectivity index is 4.74. The van der Waals surface area contributed by atoms with Gasteiger partial charge < -0.3 is 19.2 Å². The highest BCUT2D eigenvalue weighted by molar-refractivity contribution is 6.77. The van der Waals surface area contributed by atoms with Crippen LogP contribution in [0.5, 0.6) is 0 Å². The maximum Gasteiger partial charge on any atom is 0.407 e.